The molecule has 90 valence electrons. The van der Waals surface area contributed by atoms with Gasteiger partial charge in [0.25, 0.3) is 0 Å². The predicted octanol–water partition coefficient (Wildman–Crippen LogP) is 1.72. The molecule has 1 rings (SSSR count). The van der Waals surface area contributed by atoms with Crippen molar-refractivity contribution < 1.29 is 13.2 Å². The Morgan fingerprint density at radius 3 is 2.62 bits per heavy atom. The number of alkyl halides is 3. The summed E-state index contributed by atoms with van der Waals surface area (Å²) in [5.41, 5.74) is 6.01. The van der Waals surface area contributed by atoms with Gasteiger partial charge < -0.3 is 10.6 Å². The van der Waals surface area contributed by atoms with Crippen LogP contribution in [0.4, 0.5) is 19.0 Å². The second kappa shape index (κ2) is 5.16. The van der Waals surface area contributed by atoms with E-state index >= 15 is 0 Å². The van der Waals surface area contributed by atoms with Crippen LogP contribution in [0, 0.1) is 6.92 Å². The van der Waals surface area contributed by atoms with E-state index < -0.39 is 12.7 Å². The van der Waals surface area contributed by atoms with E-state index in [0.29, 0.717) is 11.4 Å². The zero-order valence-electron chi connectivity index (χ0n) is 8.96. The van der Waals surface area contributed by atoms with Gasteiger partial charge in [-0.05, 0) is 18.6 Å². The molecule has 0 atom stereocenters. The SMILES string of the molecule is Cc1cccnc1N(CCN)CC(F)(F)F. The standard InChI is InChI=1S/C10H14F3N3/c1-8-3-2-5-15-9(8)16(6-4-14)7-10(11,12)13/h2-3,5H,4,6-7,14H2,1H3. The number of aromatic nitrogens is 1. The van der Waals surface area contributed by atoms with E-state index in [1.807, 2.05) is 0 Å². The van der Waals surface area contributed by atoms with Crippen molar-refractivity contribution >= 4 is 5.82 Å². The monoisotopic (exact) mass is 233 g/mol. The van der Waals surface area contributed by atoms with Crippen LogP contribution in [0.15, 0.2) is 18.3 Å². The van der Waals surface area contributed by atoms with Crippen LogP contribution in [-0.2, 0) is 0 Å². The Bertz CT molecular complexity index is 338. The molecule has 0 aliphatic carbocycles. The number of hydrogen-bond acceptors (Lipinski definition) is 3. The lowest BCUT2D eigenvalue weighted by Gasteiger charge is -2.25. The second-order valence-corrected chi connectivity index (χ2v) is 3.47. The normalized spacial score (nSPS) is 11.6. The molecule has 0 spiro atoms. The van der Waals surface area contributed by atoms with E-state index in [2.05, 4.69) is 4.98 Å². The van der Waals surface area contributed by atoms with Crippen molar-refractivity contribution in [2.45, 2.75) is 13.1 Å². The van der Waals surface area contributed by atoms with Gasteiger partial charge in [0, 0.05) is 19.3 Å². The molecule has 0 fully saturated rings. The highest BCUT2D eigenvalue weighted by atomic mass is 19.4. The Morgan fingerprint density at radius 2 is 2.12 bits per heavy atom. The van der Waals surface area contributed by atoms with Gasteiger partial charge in [0.2, 0.25) is 0 Å². The molecule has 6 heteroatoms. The van der Waals surface area contributed by atoms with Crippen LogP contribution in [0.2, 0.25) is 0 Å². The molecule has 0 saturated carbocycles. The van der Waals surface area contributed by atoms with Crippen LogP contribution in [-0.4, -0.2) is 30.8 Å². The van der Waals surface area contributed by atoms with Crippen molar-refractivity contribution in [1.82, 2.24) is 4.98 Å². The van der Waals surface area contributed by atoms with Crippen LogP contribution in [0.3, 0.4) is 0 Å². The minimum atomic E-state index is -4.25. The smallest absolute Gasteiger partial charge is 0.346 e. The summed E-state index contributed by atoms with van der Waals surface area (Å²) >= 11 is 0. The third-order valence-electron chi connectivity index (χ3n) is 2.05. The Kier molecular flexibility index (Phi) is 4.12. The van der Waals surface area contributed by atoms with E-state index in [4.69, 9.17) is 5.73 Å². The number of anilines is 1. The predicted molar refractivity (Wildman–Crippen MR) is 56.3 cm³/mol. The Balaban J connectivity index is 2.89. The lowest BCUT2D eigenvalue weighted by Crippen LogP contribution is -2.38. The molecule has 2 N–H and O–H groups in total. The lowest BCUT2D eigenvalue weighted by molar-refractivity contribution is -0.119. The molecule has 1 aromatic rings. The Morgan fingerprint density at radius 1 is 1.44 bits per heavy atom. The van der Waals surface area contributed by atoms with Gasteiger partial charge in [0.1, 0.15) is 12.4 Å². The molecule has 0 aliphatic heterocycles. The fourth-order valence-corrected chi connectivity index (χ4v) is 1.44. The van der Waals surface area contributed by atoms with E-state index in [1.165, 1.54) is 6.20 Å². The number of aryl methyl sites for hydroxylation is 1. The van der Waals surface area contributed by atoms with Gasteiger partial charge in [-0.3, -0.25) is 0 Å². The van der Waals surface area contributed by atoms with Crippen LogP contribution in [0.25, 0.3) is 0 Å². The maximum absolute atomic E-state index is 12.3. The minimum Gasteiger partial charge on any atom is -0.346 e. The van der Waals surface area contributed by atoms with Crippen molar-refractivity contribution in [3.8, 4) is 0 Å². The van der Waals surface area contributed by atoms with Crippen molar-refractivity contribution in [2.75, 3.05) is 24.5 Å². The average Bonchev–Trinajstić information content (AvgIpc) is 2.16. The molecule has 0 aromatic carbocycles. The van der Waals surface area contributed by atoms with Crippen molar-refractivity contribution in [3.63, 3.8) is 0 Å². The molecule has 0 bridgehead atoms. The third kappa shape index (κ3) is 3.69. The van der Waals surface area contributed by atoms with Crippen molar-refractivity contribution in [1.29, 1.82) is 0 Å². The number of hydrogen-bond donors (Lipinski definition) is 1. The summed E-state index contributed by atoms with van der Waals surface area (Å²) in [7, 11) is 0. The van der Waals surface area contributed by atoms with Crippen LogP contribution >= 0.6 is 0 Å². The second-order valence-electron chi connectivity index (χ2n) is 3.47. The summed E-state index contributed by atoms with van der Waals surface area (Å²) in [5, 5.41) is 0. The molecule has 0 aliphatic rings. The van der Waals surface area contributed by atoms with E-state index in [0.717, 1.165) is 4.90 Å². The molecule has 3 nitrogen and oxygen atoms in total. The van der Waals surface area contributed by atoms with E-state index in [9.17, 15) is 13.2 Å². The summed E-state index contributed by atoms with van der Waals surface area (Å²) in [4.78, 5) is 5.10. The topological polar surface area (TPSA) is 42.2 Å². The first kappa shape index (κ1) is 12.8. The first-order chi connectivity index (χ1) is 7.44. The lowest BCUT2D eigenvalue weighted by atomic mass is 10.2. The van der Waals surface area contributed by atoms with Gasteiger partial charge in [-0.15, -0.1) is 0 Å². The van der Waals surface area contributed by atoms with Crippen LogP contribution < -0.4 is 10.6 Å². The molecule has 1 aromatic heterocycles. The average molecular weight is 233 g/mol. The maximum atomic E-state index is 12.3. The van der Waals surface area contributed by atoms with E-state index in [1.54, 1.807) is 19.1 Å². The molecular formula is C10H14F3N3. The first-order valence-electron chi connectivity index (χ1n) is 4.87. The first-order valence-corrected chi connectivity index (χ1v) is 4.87. The van der Waals surface area contributed by atoms with E-state index in [-0.39, 0.29) is 13.1 Å². The molecule has 0 radical (unpaired) electrons. The number of nitrogens with zero attached hydrogens (tertiary/aromatic N) is 2. The van der Waals surface area contributed by atoms with Crippen molar-refractivity contribution in [3.05, 3.63) is 23.9 Å². The third-order valence-corrected chi connectivity index (χ3v) is 2.05. The van der Waals surface area contributed by atoms with Crippen molar-refractivity contribution in [2.24, 2.45) is 5.73 Å². The molecule has 0 amide bonds. The van der Waals surface area contributed by atoms with Gasteiger partial charge in [-0.1, -0.05) is 6.07 Å². The van der Waals surface area contributed by atoms with Crippen LogP contribution in [0.1, 0.15) is 5.56 Å². The summed E-state index contributed by atoms with van der Waals surface area (Å²) in [6.45, 7) is 0.994. The number of rotatable bonds is 4. The van der Waals surface area contributed by atoms with Crippen LogP contribution in [0.5, 0.6) is 0 Å². The molecule has 0 saturated heterocycles. The van der Waals surface area contributed by atoms with Gasteiger partial charge in [0.05, 0.1) is 0 Å². The highest BCUT2D eigenvalue weighted by Crippen LogP contribution is 2.22. The maximum Gasteiger partial charge on any atom is 0.405 e. The fourth-order valence-electron chi connectivity index (χ4n) is 1.44. The molecular weight excluding hydrogens is 219 g/mol. The van der Waals surface area contributed by atoms with Gasteiger partial charge in [-0.2, -0.15) is 13.2 Å². The molecule has 1 heterocycles. The molecule has 16 heavy (non-hydrogen) atoms. The zero-order chi connectivity index (χ0) is 12.2. The summed E-state index contributed by atoms with van der Waals surface area (Å²) in [6, 6.07) is 3.41. The minimum absolute atomic E-state index is 0.136. The number of halogens is 3. The highest BCUT2D eigenvalue weighted by molar-refractivity contribution is 5.45. The quantitative estimate of drug-likeness (QED) is 0.861. The molecule has 0 unspecified atom stereocenters. The highest BCUT2D eigenvalue weighted by Gasteiger charge is 2.31. The number of pyridine rings is 1. The van der Waals surface area contributed by atoms with Gasteiger partial charge in [-0.25, -0.2) is 4.98 Å². The summed E-state index contributed by atoms with van der Waals surface area (Å²) in [5.74, 6) is 0.338. The largest absolute Gasteiger partial charge is 0.405 e. The Hall–Kier alpha value is -1.30. The van der Waals surface area contributed by atoms with Gasteiger partial charge >= 0.3 is 6.18 Å². The fraction of sp³-hybridized carbons (Fsp3) is 0.500. The summed E-state index contributed by atoms with van der Waals surface area (Å²) < 4.78 is 37.0. The Labute approximate surface area is 92.1 Å². The number of nitrogens with two attached hydrogens (primary N) is 1. The van der Waals surface area contributed by atoms with Gasteiger partial charge in [0.15, 0.2) is 0 Å². The zero-order valence-corrected chi connectivity index (χ0v) is 8.96. The summed E-state index contributed by atoms with van der Waals surface area (Å²) in [6.07, 6.45) is -2.78.